The lowest BCUT2D eigenvalue weighted by molar-refractivity contribution is -0.145. The molecule has 0 aromatic carbocycles. The molecule has 0 spiro atoms. The molecule has 0 aromatic rings. The zero-order chi connectivity index (χ0) is 12.1. The highest BCUT2D eigenvalue weighted by Gasteiger charge is 2.25. The van der Waals surface area contributed by atoms with E-state index in [1.165, 1.54) is 12.8 Å². The maximum Gasteiger partial charge on any atom is 0.251 e. The highest BCUT2D eigenvalue weighted by molar-refractivity contribution is 5.80. The summed E-state index contributed by atoms with van der Waals surface area (Å²) in [5, 5.41) is 3.26. The van der Waals surface area contributed by atoms with E-state index in [0.717, 1.165) is 45.4 Å². The van der Waals surface area contributed by atoms with Gasteiger partial charge in [-0.25, -0.2) is 0 Å². The van der Waals surface area contributed by atoms with Crippen LogP contribution >= 0.6 is 0 Å². The average molecular weight is 240 g/mol. The van der Waals surface area contributed by atoms with Crippen LogP contribution in [-0.4, -0.2) is 49.2 Å². The number of rotatable bonds is 3. The largest absolute Gasteiger partial charge is 0.364 e. The summed E-state index contributed by atoms with van der Waals surface area (Å²) < 4.78 is 5.81. The Hall–Kier alpha value is -0.610. The van der Waals surface area contributed by atoms with Gasteiger partial charge in [-0.3, -0.25) is 4.79 Å². The van der Waals surface area contributed by atoms with Gasteiger partial charge in [0.05, 0.1) is 6.10 Å². The van der Waals surface area contributed by atoms with Crippen molar-refractivity contribution in [1.82, 2.24) is 10.2 Å². The Kier molecular flexibility index (Phi) is 4.80. The summed E-state index contributed by atoms with van der Waals surface area (Å²) in [7, 11) is 0. The number of hydrogen-bond acceptors (Lipinski definition) is 3. The Morgan fingerprint density at radius 2 is 2.00 bits per heavy atom. The van der Waals surface area contributed by atoms with Crippen molar-refractivity contribution in [3.05, 3.63) is 0 Å². The SMILES string of the molecule is CC(OC1CCNC1)C(=O)N1CCCCCC1. The molecule has 2 unspecified atom stereocenters. The molecule has 2 heterocycles. The third-order valence-electron chi connectivity index (χ3n) is 3.68. The summed E-state index contributed by atoms with van der Waals surface area (Å²) in [4.78, 5) is 14.2. The number of nitrogens with zero attached hydrogens (tertiary/aromatic N) is 1. The number of carbonyl (C=O) groups excluding carboxylic acids is 1. The first-order chi connectivity index (χ1) is 8.27. The second-order valence-corrected chi connectivity index (χ2v) is 5.13. The fourth-order valence-electron chi connectivity index (χ4n) is 2.64. The van der Waals surface area contributed by atoms with Gasteiger partial charge in [0.1, 0.15) is 6.10 Å². The monoisotopic (exact) mass is 240 g/mol. The molecule has 1 N–H and O–H groups in total. The lowest BCUT2D eigenvalue weighted by Crippen LogP contribution is -2.41. The van der Waals surface area contributed by atoms with Crippen LogP contribution in [0, 0.1) is 0 Å². The van der Waals surface area contributed by atoms with Gasteiger partial charge in [0.15, 0.2) is 0 Å². The lowest BCUT2D eigenvalue weighted by Gasteiger charge is -2.25. The number of nitrogens with one attached hydrogen (secondary N) is 1. The molecular weight excluding hydrogens is 216 g/mol. The maximum atomic E-state index is 12.2. The summed E-state index contributed by atoms with van der Waals surface area (Å²) in [6.07, 6.45) is 5.76. The van der Waals surface area contributed by atoms with E-state index < -0.39 is 0 Å². The molecule has 4 nitrogen and oxygen atoms in total. The molecule has 2 atom stereocenters. The van der Waals surface area contributed by atoms with Crippen LogP contribution in [0.4, 0.5) is 0 Å². The number of likely N-dealkylation sites (tertiary alicyclic amines) is 1. The Morgan fingerprint density at radius 1 is 1.29 bits per heavy atom. The number of hydrogen-bond donors (Lipinski definition) is 1. The average Bonchev–Trinajstić information content (AvgIpc) is 2.68. The zero-order valence-corrected chi connectivity index (χ0v) is 10.8. The van der Waals surface area contributed by atoms with Gasteiger partial charge in [-0.2, -0.15) is 0 Å². The molecular formula is C13H24N2O2. The molecule has 2 saturated heterocycles. The van der Waals surface area contributed by atoms with Gasteiger partial charge >= 0.3 is 0 Å². The van der Waals surface area contributed by atoms with E-state index in [1.54, 1.807) is 0 Å². The van der Waals surface area contributed by atoms with Gasteiger partial charge in [0.2, 0.25) is 0 Å². The highest BCUT2D eigenvalue weighted by atomic mass is 16.5. The Balaban J connectivity index is 1.80. The minimum absolute atomic E-state index is 0.179. The molecule has 1 amide bonds. The first-order valence-corrected chi connectivity index (χ1v) is 6.92. The third kappa shape index (κ3) is 3.68. The summed E-state index contributed by atoms with van der Waals surface area (Å²) in [6.45, 7) is 5.61. The van der Waals surface area contributed by atoms with E-state index >= 15 is 0 Å². The summed E-state index contributed by atoms with van der Waals surface area (Å²) >= 11 is 0. The van der Waals surface area contributed by atoms with Crippen molar-refractivity contribution in [3.63, 3.8) is 0 Å². The fourth-order valence-corrected chi connectivity index (χ4v) is 2.64. The minimum Gasteiger partial charge on any atom is -0.364 e. The van der Waals surface area contributed by atoms with Crippen LogP contribution in [0.25, 0.3) is 0 Å². The van der Waals surface area contributed by atoms with Crippen LogP contribution in [0.2, 0.25) is 0 Å². The lowest BCUT2D eigenvalue weighted by atomic mass is 10.2. The van der Waals surface area contributed by atoms with Crippen molar-refractivity contribution in [1.29, 1.82) is 0 Å². The molecule has 2 aliphatic heterocycles. The molecule has 2 fully saturated rings. The predicted octanol–water partition coefficient (Wildman–Crippen LogP) is 1.16. The third-order valence-corrected chi connectivity index (χ3v) is 3.68. The molecule has 0 bridgehead atoms. The molecule has 4 heteroatoms. The number of ether oxygens (including phenoxy) is 1. The van der Waals surface area contributed by atoms with Crippen molar-refractivity contribution in [3.8, 4) is 0 Å². The Bertz CT molecular complexity index is 244. The molecule has 2 aliphatic rings. The van der Waals surface area contributed by atoms with Crippen LogP contribution in [0.5, 0.6) is 0 Å². The first-order valence-electron chi connectivity index (χ1n) is 6.92. The molecule has 98 valence electrons. The van der Waals surface area contributed by atoms with E-state index in [0.29, 0.717) is 0 Å². The molecule has 0 radical (unpaired) electrons. The van der Waals surface area contributed by atoms with Crippen molar-refractivity contribution in [2.24, 2.45) is 0 Å². The van der Waals surface area contributed by atoms with Gasteiger partial charge in [-0.1, -0.05) is 12.8 Å². The minimum atomic E-state index is -0.280. The van der Waals surface area contributed by atoms with Crippen molar-refractivity contribution >= 4 is 5.91 Å². The van der Waals surface area contributed by atoms with Gasteiger partial charge in [-0.05, 0) is 32.7 Å². The second-order valence-electron chi connectivity index (χ2n) is 5.13. The quantitative estimate of drug-likeness (QED) is 0.805. The van der Waals surface area contributed by atoms with Gasteiger partial charge in [-0.15, -0.1) is 0 Å². The van der Waals surface area contributed by atoms with Crippen LogP contribution < -0.4 is 5.32 Å². The number of amides is 1. The summed E-state index contributed by atoms with van der Waals surface area (Å²) in [5.41, 5.74) is 0. The van der Waals surface area contributed by atoms with Crippen molar-refractivity contribution in [2.45, 2.75) is 51.2 Å². The number of carbonyl (C=O) groups is 1. The standard InChI is InChI=1S/C13H24N2O2/c1-11(17-12-6-7-14-10-12)13(16)15-8-4-2-3-5-9-15/h11-12,14H,2-10H2,1H3. The van der Waals surface area contributed by atoms with E-state index in [9.17, 15) is 4.79 Å². The topological polar surface area (TPSA) is 41.6 Å². The van der Waals surface area contributed by atoms with E-state index in [2.05, 4.69) is 5.32 Å². The molecule has 2 rings (SSSR count). The van der Waals surface area contributed by atoms with Gasteiger partial charge in [0, 0.05) is 19.6 Å². The maximum absolute atomic E-state index is 12.2. The fraction of sp³-hybridized carbons (Fsp3) is 0.923. The van der Waals surface area contributed by atoms with Crippen LogP contribution in [0.3, 0.4) is 0 Å². The molecule has 0 aliphatic carbocycles. The summed E-state index contributed by atoms with van der Waals surface area (Å²) in [5.74, 6) is 0.179. The van der Waals surface area contributed by atoms with Gasteiger partial charge in [0.25, 0.3) is 5.91 Å². The van der Waals surface area contributed by atoms with Crippen molar-refractivity contribution < 1.29 is 9.53 Å². The zero-order valence-electron chi connectivity index (χ0n) is 10.8. The highest BCUT2D eigenvalue weighted by Crippen LogP contribution is 2.13. The van der Waals surface area contributed by atoms with Crippen molar-refractivity contribution in [2.75, 3.05) is 26.2 Å². The molecule has 0 saturated carbocycles. The van der Waals surface area contributed by atoms with Crippen LogP contribution in [0.15, 0.2) is 0 Å². The van der Waals surface area contributed by atoms with Crippen LogP contribution in [0.1, 0.15) is 39.0 Å². The normalized spacial score (nSPS) is 27.8. The van der Waals surface area contributed by atoms with E-state index in [-0.39, 0.29) is 18.1 Å². The first kappa shape index (κ1) is 12.8. The smallest absolute Gasteiger partial charge is 0.251 e. The predicted molar refractivity (Wildman–Crippen MR) is 66.9 cm³/mol. The molecule has 17 heavy (non-hydrogen) atoms. The second kappa shape index (κ2) is 6.36. The summed E-state index contributed by atoms with van der Waals surface area (Å²) in [6, 6.07) is 0. The Morgan fingerprint density at radius 3 is 2.59 bits per heavy atom. The Labute approximate surface area is 104 Å². The van der Waals surface area contributed by atoms with E-state index in [1.807, 2.05) is 11.8 Å². The van der Waals surface area contributed by atoms with E-state index in [4.69, 9.17) is 4.74 Å². The van der Waals surface area contributed by atoms with Crippen LogP contribution in [-0.2, 0) is 9.53 Å². The molecule has 0 aromatic heterocycles. The van der Waals surface area contributed by atoms with Gasteiger partial charge < -0.3 is 15.0 Å².